The SMILES string of the molecule is CCN(C)C(=O)C(C)NCc1ccc(F)c(C(F)(F)F)c1. The second-order valence-corrected chi connectivity index (χ2v) is 4.77. The Hall–Kier alpha value is -1.63. The molecular formula is C14H18F4N2O. The Morgan fingerprint density at radius 3 is 2.52 bits per heavy atom. The lowest BCUT2D eigenvalue weighted by atomic mass is 10.1. The molecule has 0 aliphatic heterocycles. The summed E-state index contributed by atoms with van der Waals surface area (Å²) in [5, 5.41) is 2.83. The molecule has 0 aliphatic rings. The molecule has 1 atom stereocenters. The summed E-state index contributed by atoms with van der Waals surface area (Å²) in [7, 11) is 1.64. The van der Waals surface area contributed by atoms with Gasteiger partial charge in [-0.2, -0.15) is 13.2 Å². The maximum Gasteiger partial charge on any atom is 0.419 e. The first-order valence-corrected chi connectivity index (χ1v) is 6.50. The Bertz CT molecular complexity index is 502. The standard InChI is InChI=1S/C14H18F4N2O/c1-4-20(3)13(21)9(2)19-8-10-5-6-12(15)11(7-10)14(16,17)18/h5-7,9,19H,4,8H2,1-3H3. The molecule has 1 aromatic carbocycles. The average molecular weight is 306 g/mol. The normalized spacial score (nSPS) is 13.1. The lowest BCUT2D eigenvalue weighted by Crippen LogP contribution is -2.42. The fourth-order valence-corrected chi connectivity index (χ4v) is 1.74. The number of benzene rings is 1. The molecule has 0 bridgehead atoms. The number of alkyl halides is 3. The van der Waals surface area contributed by atoms with E-state index in [2.05, 4.69) is 5.32 Å². The van der Waals surface area contributed by atoms with Gasteiger partial charge < -0.3 is 10.2 Å². The van der Waals surface area contributed by atoms with E-state index in [1.54, 1.807) is 14.0 Å². The third kappa shape index (κ3) is 4.70. The van der Waals surface area contributed by atoms with Gasteiger partial charge in [0.05, 0.1) is 11.6 Å². The number of hydrogen-bond donors (Lipinski definition) is 1. The molecule has 1 N–H and O–H groups in total. The van der Waals surface area contributed by atoms with Crippen LogP contribution in [0.5, 0.6) is 0 Å². The monoisotopic (exact) mass is 306 g/mol. The van der Waals surface area contributed by atoms with Crippen molar-refractivity contribution >= 4 is 5.91 Å². The highest BCUT2D eigenvalue weighted by molar-refractivity contribution is 5.81. The Labute approximate surface area is 120 Å². The molecule has 0 saturated heterocycles. The van der Waals surface area contributed by atoms with Gasteiger partial charge in [0.15, 0.2) is 0 Å². The molecule has 3 nitrogen and oxygen atoms in total. The number of likely N-dealkylation sites (N-methyl/N-ethyl adjacent to an activating group) is 1. The van der Waals surface area contributed by atoms with Crippen molar-refractivity contribution in [1.29, 1.82) is 0 Å². The van der Waals surface area contributed by atoms with E-state index in [1.807, 2.05) is 6.92 Å². The Morgan fingerprint density at radius 1 is 1.38 bits per heavy atom. The van der Waals surface area contributed by atoms with Gasteiger partial charge >= 0.3 is 6.18 Å². The van der Waals surface area contributed by atoms with Crippen LogP contribution >= 0.6 is 0 Å². The topological polar surface area (TPSA) is 32.3 Å². The van der Waals surface area contributed by atoms with Gasteiger partial charge in [0.25, 0.3) is 0 Å². The smallest absolute Gasteiger partial charge is 0.345 e. The predicted molar refractivity (Wildman–Crippen MR) is 71.0 cm³/mol. The molecule has 0 saturated carbocycles. The van der Waals surface area contributed by atoms with E-state index in [0.29, 0.717) is 6.54 Å². The third-order valence-corrected chi connectivity index (χ3v) is 3.17. The van der Waals surface area contributed by atoms with Gasteiger partial charge in [0, 0.05) is 20.1 Å². The van der Waals surface area contributed by atoms with Crippen LogP contribution in [0.15, 0.2) is 18.2 Å². The highest BCUT2D eigenvalue weighted by Crippen LogP contribution is 2.31. The van der Waals surface area contributed by atoms with Crippen LogP contribution in [-0.2, 0) is 17.5 Å². The molecule has 0 heterocycles. The Kier molecular flexibility index (Phi) is 5.71. The van der Waals surface area contributed by atoms with Crippen LogP contribution in [-0.4, -0.2) is 30.4 Å². The number of carbonyl (C=O) groups is 1. The van der Waals surface area contributed by atoms with Crippen molar-refractivity contribution in [1.82, 2.24) is 10.2 Å². The summed E-state index contributed by atoms with van der Waals surface area (Å²) in [4.78, 5) is 13.3. The van der Waals surface area contributed by atoms with E-state index < -0.39 is 23.6 Å². The molecule has 1 amide bonds. The largest absolute Gasteiger partial charge is 0.419 e. The van der Waals surface area contributed by atoms with Crippen molar-refractivity contribution in [2.75, 3.05) is 13.6 Å². The second-order valence-electron chi connectivity index (χ2n) is 4.77. The minimum Gasteiger partial charge on any atom is -0.345 e. The minimum absolute atomic E-state index is 0.0494. The van der Waals surface area contributed by atoms with Crippen LogP contribution in [0.2, 0.25) is 0 Å². The van der Waals surface area contributed by atoms with Crippen molar-refractivity contribution < 1.29 is 22.4 Å². The summed E-state index contributed by atoms with van der Waals surface area (Å²) in [6.07, 6.45) is -4.73. The van der Waals surface area contributed by atoms with Crippen molar-refractivity contribution in [2.24, 2.45) is 0 Å². The number of carbonyl (C=O) groups excluding carboxylic acids is 1. The zero-order valence-electron chi connectivity index (χ0n) is 12.1. The van der Waals surface area contributed by atoms with Gasteiger partial charge in [0.2, 0.25) is 5.91 Å². The number of rotatable bonds is 5. The van der Waals surface area contributed by atoms with E-state index in [4.69, 9.17) is 0 Å². The van der Waals surface area contributed by atoms with Crippen LogP contribution < -0.4 is 5.32 Å². The first-order valence-electron chi connectivity index (χ1n) is 6.50. The van der Waals surface area contributed by atoms with E-state index in [-0.39, 0.29) is 18.0 Å². The van der Waals surface area contributed by atoms with Gasteiger partial charge in [-0.05, 0) is 31.5 Å². The van der Waals surface area contributed by atoms with Crippen LogP contribution in [0.25, 0.3) is 0 Å². The number of nitrogens with one attached hydrogen (secondary N) is 1. The number of halogens is 4. The highest BCUT2D eigenvalue weighted by atomic mass is 19.4. The molecule has 0 aliphatic carbocycles. The Balaban J connectivity index is 2.75. The molecule has 0 fully saturated rings. The molecular weight excluding hydrogens is 288 g/mol. The van der Waals surface area contributed by atoms with Crippen molar-refractivity contribution in [2.45, 2.75) is 32.6 Å². The Morgan fingerprint density at radius 2 is 2.00 bits per heavy atom. The van der Waals surface area contributed by atoms with Crippen molar-refractivity contribution in [3.8, 4) is 0 Å². The zero-order valence-corrected chi connectivity index (χ0v) is 12.1. The van der Waals surface area contributed by atoms with Crippen LogP contribution in [0.4, 0.5) is 17.6 Å². The van der Waals surface area contributed by atoms with Crippen LogP contribution in [0, 0.1) is 5.82 Å². The summed E-state index contributed by atoms with van der Waals surface area (Å²) in [6, 6.07) is 2.26. The second kappa shape index (κ2) is 6.89. The van der Waals surface area contributed by atoms with Gasteiger partial charge in [-0.25, -0.2) is 4.39 Å². The fourth-order valence-electron chi connectivity index (χ4n) is 1.74. The lowest BCUT2D eigenvalue weighted by molar-refractivity contribution is -0.140. The summed E-state index contributed by atoms with van der Waals surface area (Å²) in [5.41, 5.74) is -1.03. The van der Waals surface area contributed by atoms with E-state index in [1.165, 1.54) is 11.0 Å². The maximum atomic E-state index is 13.1. The van der Waals surface area contributed by atoms with Crippen molar-refractivity contribution in [3.63, 3.8) is 0 Å². The summed E-state index contributed by atoms with van der Waals surface area (Å²) in [5.74, 6) is -1.46. The maximum absolute atomic E-state index is 13.1. The average Bonchev–Trinajstić information content (AvgIpc) is 2.43. The number of hydrogen-bond acceptors (Lipinski definition) is 2. The quantitative estimate of drug-likeness (QED) is 0.849. The van der Waals surface area contributed by atoms with Crippen molar-refractivity contribution in [3.05, 3.63) is 35.1 Å². The first kappa shape index (κ1) is 17.4. The summed E-state index contributed by atoms with van der Waals surface area (Å²) in [6.45, 7) is 4.04. The van der Waals surface area contributed by atoms with Gasteiger partial charge in [-0.15, -0.1) is 0 Å². The molecule has 0 radical (unpaired) electrons. The molecule has 1 unspecified atom stereocenters. The lowest BCUT2D eigenvalue weighted by Gasteiger charge is -2.20. The van der Waals surface area contributed by atoms with Gasteiger partial charge in [-0.3, -0.25) is 4.79 Å². The minimum atomic E-state index is -4.73. The molecule has 118 valence electrons. The van der Waals surface area contributed by atoms with Crippen LogP contribution in [0.3, 0.4) is 0 Å². The summed E-state index contributed by atoms with van der Waals surface area (Å²) < 4.78 is 50.9. The molecule has 1 aromatic rings. The van der Waals surface area contributed by atoms with E-state index >= 15 is 0 Å². The third-order valence-electron chi connectivity index (χ3n) is 3.17. The first-order chi connectivity index (χ1) is 9.66. The molecule has 1 rings (SSSR count). The predicted octanol–water partition coefficient (Wildman–Crippen LogP) is 2.80. The molecule has 0 spiro atoms. The number of nitrogens with zero attached hydrogens (tertiary/aromatic N) is 1. The number of amides is 1. The fraction of sp³-hybridized carbons (Fsp3) is 0.500. The highest BCUT2D eigenvalue weighted by Gasteiger charge is 2.34. The van der Waals surface area contributed by atoms with Gasteiger partial charge in [0.1, 0.15) is 5.82 Å². The van der Waals surface area contributed by atoms with E-state index in [9.17, 15) is 22.4 Å². The molecule has 0 aromatic heterocycles. The van der Waals surface area contributed by atoms with Crippen LogP contribution in [0.1, 0.15) is 25.0 Å². The molecule has 21 heavy (non-hydrogen) atoms. The van der Waals surface area contributed by atoms with Gasteiger partial charge in [-0.1, -0.05) is 6.07 Å². The van der Waals surface area contributed by atoms with E-state index in [0.717, 1.165) is 12.1 Å². The zero-order chi connectivity index (χ0) is 16.2. The summed E-state index contributed by atoms with van der Waals surface area (Å²) >= 11 is 0. The molecule has 7 heteroatoms.